The van der Waals surface area contributed by atoms with Gasteiger partial charge >= 0.3 is 11.6 Å². The number of rotatable bonds is 2. The highest BCUT2D eigenvalue weighted by molar-refractivity contribution is 6.26. The fraction of sp³-hybridized carbons (Fsp3) is 0.231. The SMILES string of the molecule is COC(=O)c1cc2cc3c(c(O)c2c(=O)o1)OC1(Cc2c(O)c4c(c(O)c2O1)C(=O)C(OC)=CC4=O)C[C@H]3Cl. The largest absolute Gasteiger partial charge is 0.507 e. The average Bonchev–Trinajstić information content (AvgIpc) is 3.27. The third-order valence-electron chi connectivity index (χ3n) is 6.92. The van der Waals surface area contributed by atoms with Crippen molar-refractivity contribution >= 4 is 39.9 Å². The van der Waals surface area contributed by atoms with Crippen LogP contribution in [0.1, 0.15) is 54.2 Å². The summed E-state index contributed by atoms with van der Waals surface area (Å²) in [7, 11) is 2.29. The smallest absolute Gasteiger partial charge is 0.374 e. The summed E-state index contributed by atoms with van der Waals surface area (Å²) in [5.41, 5.74) is -1.69. The van der Waals surface area contributed by atoms with Gasteiger partial charge in [-0.2, -0.15) is 0 Å². The fourth-order valence-corrected chi connectivity index (χ4v) is 5.57. The van der Waals surface area contributed by atoms with E-state index in [9.17, 15) is 34.5 Å². The maximum absolute atomic E-state index is 12.8. The molecule has 0 saturated carbocycles. The summed E-state index contributed by atoms with van der Waals surface area (Å²) in [6, 6.07) is 2.67. The highest BCUT2D eigenvalue weighted by atomic mass is 35.5. The minimum absolute atomic E-state index is 0.0171. The van der Waals surface area contributed by atoms with Crippen molar-refractivity contribution in [2.45, 2.75) is 24.0 Å². The number of esters is 1. The van der Waals surface area contributed by atoms with Crippen LogP contribution in [0.3, 0.4) is 0 Å². The number of hydrogen-bond donors (Lipinski definition) is 3. The number of Topliss-reactive ketones (excluding diaryl/α,β-unsaturated/α-hetero) is 1. The third-order valence-corrected chi connectivity index (χ3v) is 7.31. The molecule has 0 amide bonds. The summed E-state index contributed by atoms with van der Waals surface area (Å²) in [4.78, 5) is 50.0. The molecule has 1 aliphatic carbocycles. The Bertz CT molecular complexity index is 1770. The number of fused-ring (bicyclic) bond motifs is 4. The van der Waals surface area contributed by atoms with Gasteiger partial charge in [-0.15, -0.1) is 11.6 Å². The first-order valence-corrected chi connectivity index (χ1v) is 11.8. The number of phenolic OH excluding ortho intramolecular Hbond substituents is 3. The maximum atomic E-state index is 12.8. The van der Waals surface area contributed by atoms with Gasteiger partial charge in [-0.3, -0.25) is 9.59 Å². The van der Waals surface area contributed by atoms with E-state index < -0.39 is 62.7 Å². The lowest BCUT2D eigenvalue weighted by atomic mass is 9.87. The quantitative estimate of drug-likeness (QED) is 0.239. The van der Waals surface area contributed by atoms with Crippen molar-refractivity contribution in [3.8, 4) is 28.7 Å². The third kappa shape index (κ3) is 3.31. The number of alkyl halides is 1. The molecular weight excluding hydrogens is 540 g/mol. The number of carbonyl (C=O) groups excluding carboxylic acids is 3. The summed E-state index contributed by atoms with van der Waals surface area (Å²) in [6.45, 7) is 0. The van der Waals surface area contributed by atoms with Crippen molar-refractivity contribution < 1.29 is 53.1 Å². The van der Waals surface area contributed by atoms with E-state index in [0.717, 1.165) is 13.2 Å². The molecule has 1 aromatic heterocycles. The van der Waals surface area contributed by atoms with E-state index in [1.807, 2.05) is 0 Å². The van der Waals surface area contributed by atoms with Gasteiger partial charge in [-0.25, -0.2) is 9.59 Å². The van der Waals surface area contributed by atoms with Crippen LogP contribution in [0.2, 0.25) is 0 Å². The number of halogens is 1. The maximum Gasteiger partial charge on any atom is 0.374 e. The van der Waals surface area contributed by atoms with Gasteiger partial charge in [-0.05, 0) is 17.5 Å². The minimum atomic E-state index is -1.71. The molecule has 13 heteroatoms. The first kappa shape index (κ1) is 24.6. The summed E-state index contributed by atoms with van der Waals surface area (Å²) >= 11 is 6.67. The molecule has 2 aliphatic heterocycles. The van der Waals surface area contributed by atoms with Gasteiger partial charge in [0.1, 0.15) is 11.1 Å². The summed E-state index contributed by atoms with van der Waals surface area (Å²) in [6.07, 6.45) is 0.580. The standard InChI is InChI=1S/C26H17ClO12/c1-35-13-5-12(28)16-17(19(13)30)21(32)23-10(18(16)29)6-26(39-23)7-11(27)9-3-8-4-14(24(33)36-2)37-25(34)15(8)20(31)22(9)38-26/h3-5,11,29,31-32H,6-7H2,1-2H3/t11-,26?/m1/s1. The molecule has 3 aliphatic rings. The molecule has 200 valence electrons. The van der Waals surface area contributed by atoms with E-state index in [4.69, 9.17) is 30.2 Å². The Morgan fingerprint density at radius 2 is 1.74 bits per heavy atom. The molecular formula is C26H17ClO12. The van der Waals surface area contributed by atoms with Gasteiger partial charge in [0.2, 0.25) is 11.5 Å². The Morgan fingerprint density at radius 1 is 1.03 bits per heavy atom. The van der Waals surface area contributed by atoms with E-state index in [2.05, 4.69) is 4.74 Å². The number of ketones is 2. The molecule has 1 unspecified atom stereocenters. The zero-order chi connectivity index (χ0) is 28.0. The normalized spacial score (nSPS) is 21.0. The monoisotopic (exact) mass is 556 g/mol. The van der Waals surface area contributed by atoms with Crippen LogP contribution in [0, 0.1) is 0 Å². The molecule has 39 heavy (non-hydrogen) atoms. The van der Waals surface area contributed by atoms with Crippen LogP contribution >= 0.6 is 11.6 Å². The van der Waals surface area contributed by atoms with Crippen LogP contribution in [-0.4, -0.2) is 52.9 Å². The van der Waals surface area contributed by atoms with Crippen LogP contribution in [-0.2, 0) is 15.9 Å². The van der Waals surface area contributed by atoms with Gasteiger partial charge in [0.25, 0.3) is 5.79 Å². The first-order valence-electron chi connectivity index (χ1n) is 11.4. The number of hydrogen-bond acceptors (Lipinski definition) is 12. The number of benzene rings is 2. The van der Waals surface area contributed by atoms with Crippen molar-refractivity contribution in [1.82, 2.24) is 0 Å². The van der Waals surface area contributed by atoms with E-state index in [-0.39, 0.29) is 57.8 Å². The summed E-state index contributed by atoms with van der Waals surface area (Å²) in [5, 5.41) is 31.9. The van der Waals surface area contributed by atoms with Gasteiger partial charge in [0, 0.05) is 23.6 Å². The Morgan fingerprint density at radius 3 is 2.44 bits per heavy atom. The lowest BCUT2D eigenvalue weighted by Crippen LogP contribution is -2.44. The second-order valence-corrected chi connectivity index (χ2v) is 9.65. The number of ether oxygens (including phenoxy) is 4. The molecule has 0 fully saturated rings. The van der Waals surface area contributed by atoms with Crippen molar-refractivity contribution in [1.29, 1.82) is 0 Å². The Kier molecular flexibility index (Phi) is 5.14. The average molecular weight is 557 g/mol. The van der Waals surface area contributed by atoms with Crippen molar-refractivity contribution in [2.75, 3.05) is 14.2 Å². The van der Waals surface area contributed by atoms with Crippen LogP contribution in [0.4, 0.5) is 0 Å². The van der Waals surface area contributed by atoms with Crippen LogP contribution in [0.25, 0.3) is 10.8 Å². The van der Waals surface area contributed by atoms with Gasteiger partial charge in [0.15, 0.2) is 34.5 Å². The zero-order valence-corrected chi connectivity index (χ0v) is 20.9. The highest BCUT2D eigenvalue weighted by Gasteiger charge is 2.52. The predicted molar refractivity (Wildman–Crippen MR) is 130 cm³/mol. The number of aromatic hydroxyl groups is 3. The van der Waals surface area contributed by atoms with Crippen LogP contribution in [0.5, 0.6) is 28.7 Å². The molecule has 3 aromatic rings. The molecule has 3 N–H and O–H groups in total. The molecule has 3 heterocycles. The highest BCUT2D eigenvalue weighted by Crippen LogP contribution is 2.57. The lowest BCUT2D eigenvalue weighted by molar-refractivity contribution is -0.114. The molecule has 0 radical (unpaired) electrons. The summed E-state index contributed by atoms with van der Waals surface area (Å²) < 4.78 is 26.5. The van der Waals surface area contributed by atoms with Crippen LogP contribution < -0.4 is 15.1 Å². The zero-order valence-electron chi connectivity index (χ0n) is 20.1. The first-order chi connectivity index (χ1) is 18.5. The van der Waals surface area contributed by atoms with Gasteiger partial charge < -0.3 is 38.7 Å². The molecule has 0 bridgehead atoms. The van der Waals surface area contributed by atoms with E-state index in [1.165, 1.54) is 19.2 Å². The fourth-order valence-electron chi connectivity index (χ4n) is 5.17. The number of phenols is 3. The number of carbonyl (C=O) groups is 3. The Balaban J connectivity index is 1.47. The second-order valence-electron chi connectivity index (χ2n) is 9.12. The molecule has 2 aromatic carbocycles. The predicted octanol–water partition coefficient (Wildman–Crippen LogP) is 3.00. The van der Waals surface area contributed by atoms with Crippen LogP contribution in [0.15, 0.2) is 33.2 Å². The molecule has 2 atom stereocenters. The van der Waals surface area contributed by atoms with Crippen molar-refractivity contribution in [2.24, 2.45) is 0 Å². The second kappa shape index (κ2) is 8.14. The Labute approximate surface area is 222 Å². The lowest BCUT2D eigenvalue weighted by Gasteiger charge is -2.37. The van der Waals surface area contributed by atoms with Gasteiger partial charge in [-0.1, -0.05) is 0 Å². The molecule has 12 nitrogen and oxygen atoms in total. The van der Waals surface area contributed by atoms with Gasteiger partial charge in [0.05, 0.1) is 37.1 Å². The molecule has 0 saturated heterocycles. The molecule has 1 spiro atoms. The van der Waals surface area contributed by atoms with E-state index in [1.54, 1.807) is 0 Å². The minimum Gasteiger partial charge on any atom is -0.507 e. The van der Waals surface area contributed by atoms with E-state index in [0.29, 0.717) is 0 Å². The summed E-state index contributed by atoms with van der Waals surface area (Å²) in [5.74, 6) is -7.35. The molecule has 6 rings (SSSR count). The van der Waals surface area contributed by atoms with E-state index >= 15 is 0 Å². The number of methoxy groups -OCH3 is 2. The number of allylic oxidation sites excluding steroid dienone is 2. The van der Waals surface area contributed by atoms with Crippen molar-refractivity contribution in [3.63, 3.8) is 0 Å². The topological polar surface area (TPSA) is 179 Å². The Hall–Kier alpha value is -4.71. The van der Waals surface area contributed by atoms with Crippen molar-refractivity contribution in [3.05, 3.63) is 62.4 Å².